The molecule has 2 N–H and O–H groups in total. The molecule has 0 aliphatic carbocycles. The molecule has 3 heterocycles. The lowest BCUT2D eigenvalue weighted by atomic mass is 10.1. The van der Waals surface area contributed by atoms with Gasteiger partial charge in [-0.1, -0.05) is 12.1 Å². The van der Waals surface area contributed by atoms with E-state index in [-0.39, 0.29) is 0 Å². The van der Waals surface area contributed by atoms with Gasteiger partial charge in [0, 0.05) is 12.2 Å². The Morgan fingerprint density at radius 2 is 2.10 bits per heavy atom. The number of hydrogen-bond donors (Lipinski definition) is 2. The highest BCUT2D eigenvalue weighted by molar-refractivity contribution is 5.78. The third-order valence-electron chi connectivity index (χ3n) is 3.88. The second-order valence-corrected chi connectivity index (χ2v) is 5.23. The fourth-order valence-corrected chi connectivity index (χ4v) is 2.84. The highest BCUT2D eigenvalue weighted by Crippen LogP contribution is 2.26. The fraction of sp³-hybridized carbons (Fsp3) is 0.250. The minimum Gasteiger partial charge on any atom is -0.337 e. The highest BCUT2D eigenvalue weighted by atomic mass is 15.0. The van der Waals surface area contributed by atoms with E-state index in [1.807, 2.05) is 30.5 Å². The monoisotopic (exact) mass is 264 g/mol. The predicted molar refractivity (Wildman–Crippen MR) is 79.3 cm³/mol. The minimum atomic E-state index is 0.459. The number of aromatic amines is 1. The molecular formula is C16H16N4. The molecule has 0 amide bonds. The van der Waals surface area contributed by atoms with Gasteiger partial charge in [-0.25, -0.2) is 4.98 Å². The largest absolute Gasteiger partial charge is 0.337 e. The number of aromatic nitrogens is 3. The van der Waals surface area contributed by atoms with Crippen molar-refractivity contribution in [3.05, 3.63) is 48.2 Å². The predicted octanol–water partition coefficient (Wildman–Crippen LogP) is 3.05. The highest BCUT2D eigenvalue weighted by Gasteiger charge is 2.17. The zero-order valence-corrected chi connectivity index (χ0v) is 11.1. The first-order valence-corrected chi connectivity index (χ1v) is 7.04. The molecule has 2 aromatic heterocycles. The van der Waals surface area contributed by atoms with E-state index >= 15 is 0 Å². The van der Waals surface area contributed by atoms with Crippen molar-refractivity contribution in [2.45, 2.75) is 18.9 Å². The van der Waals surface area contributed by atoms with Crippen LogP contribution >= 0.6 is 0 Å². The van der Waals surface area contributed by atoms with E-state index in [0.717, 1.165) is 29.1 Å². The number of pyridine rings is 1. The van der Waals surface area contributed by atoms with Crippen molar-refractivity contribution in [3.63, 3.8) is 0 Å². The van der Waals surface area contributed by atoms with Crippen LogP contribution in [0.5, 0.6) is 0 Å². The Kier molecular flexibility index (Phi) is 2.74. The number of nitrogens with one attached hydrogen (secondary N) is 2. The average Bonchev–Trinajstić information content (AvgIpc) is 3.16. The number of para-hydroxylation sites is 2. The molecular weight excluding hydrogens is 248 g/mol. The summed E-state index contributed by atoms with van der Waals surface area (Å²) in [5, 5.41) is 3.52. The molecule has 1 atom stereocenters. The number of hydrogen-bond acceptors (Lipinski definition) is 3. The van der Waals surface area contributed by atoms with Crippen molar-refractivity contribution in [1.29, 1.82) is 0 Å². The summed E-state index contributed by atoms with van der Waals surface area (Å²) in [6, 6.07) is 12.7. The van der Waals surface area contributed by atoms with E-state index < -0.39 is 0 Å². The van der Waals surface area contributed by atoms with Gasteiger partial charge in [0.25, 0.3) is 0 Å². The van der Waals surface area contributed by atoms with Crippen LogP contribution in [0.15, 0.2) is 42.6 Å². The van der Waals surface area contributed by atoms with Gasteiger partial charge in [-0.2, -0.15) is 0 Å². The lowest BCUT2D eigenvalue weighted by molar-refractivity contribution is 0.647. The lowest BCUT2D eigenvalue weighted by Gasteiger charge is -2.10. The summed E-state index contributed by atoms with van der Waals surface area (Å²) in [4.78, 5) is 12.4. The maximum atomic E-state index is 4.61. The zero-order chi connectivity index (χ0) is 13.4. The zero-order valence-electron chi connectivity index (χ0n) is 11.1. The topological polar surface area (TPSA) is 53.6 Å². The van der Waals surface area contributed by atoms with Crippen LogP contribution in [0.2, 0.25) is 0 Å². The van der Waals surface area contributed by atoms with Crippen molar-refractivity contribution in [1.82, 2.24) is 20.3 Å². The van der Waals surface area contributed by atoms with Gasteiger partial charge in [0.15, 0.2) is 5.82 Å². The molecule has 4 nitrogen and oxygen atoms in total. The van der Waals surface area contributed by atoms with E-state index in [0.29, 0.717) is 6.04 Å². The summed E-state index contributed by atoms with van der Waals surface area (Å²) in [6.45, 7) is 1.10. The number of fused-ring (bicyclic) bond motifs is 1. The van der Waals surface area contributed by atoms with Gasteiger partial charge in [-0.05, 0) is 49.2 Å². The molecule has 20 heavy (non-hydrogen) atoms. The Hall–Kier alpha value is -2.20. The summed E-state index contributed by atoms with van der Waals surface area (Å²) in [6.07, 6.45) is 4.31. The lowest BCUT2D eigenvalue weighted by Crippen LogP contribution is -2.12. The molecule has 0 saturated carbocycles. The van der Waals surface area contributed by atoms with Crippen LogP contribution in [0.1, 0.15) is 24.4 Å². The molecule has 100 valence electrons. The Balaban J connectivity index is 1.75. The van der Waals surface area contributed by atoms with Gasteiger partial charge in [0.1, 0.15) is 5.69 Å². The number of H-pyrrole nitrogens is 1. The normalized spacial score (nSPS) is 18.7. The van der Waals surface area contributed by atoms with Crippen molar-refractivity contribution in [3.8, 4) is 11.5 Å². The molecule has 1 saturated heterocycles. The minimum absolute atomic E-state index is 0.459. The van der Waals surface area contributed by atoms with Gasteiger partial charge >= 0.3 is 0 Å². The molecule has 0 radical (unpaired) electrons. The Morgan fingerprint density at radius 3 is 2.95 bits per heavy atom. The standard InChI is InChI=1S/C16H16N4/c1-2-5-14-13(4-1)19-16(20-14)15-10-11(7-9-18-15)12-6-3-8-17-12/h1-2,4-5,7,9-10,12,17H,3,6,8H2,(H,19,20)/t12-/m0/s1. The Morgan fingerprint density at radius 1 is 1.15 bits per heavy atom. The second-order valence-electron chi connectivity index (χ2n) is 5.23. The molecule has 0 bridgehead atoms. The summed E-state index contributed by atoms with van der Waals surface area (Å²) in [5.74, 6) is 0.839. The third-order valence-corrected chi connectivity index (χ3v) is 3.88. The third kappa shape index (κ3) is 1.98. The quantitative estimate of drug-likeness (QED) is 0.748. The van der Waals surface area contributed by atoms with E-state index in [9.17, 15) is 0 Å². The molecule has 4 heteroatoms. The Labute approximate surface area is 117 Å². The van der Waals surface area contributed by atoms with Crippen molar-refractivity contribution < 1.29 is 0 Å². The number of nitrogens with zero attached hydrogens (tertiary/aromatic N) is 2. The van der Waals surface area contributed by atoms with E-state index in [1.54, 1.807) is 0 Å². The van der Waals surface area contributed by atoms with Crippen LogP contribution in [0.3, 0.4) is 0 Å². The molecule has 4 rings (SSSR count). The molecule has 1 aliphatic rings. The smallest absolute Gasteiger partial charge is 0.157 e. The first-order valence-electron chi connectivity index (χ1n) is 7.04. The summed E-state index contributed by atoms with van der Waals surface area (Å²) in [7, 11) is 0. The molecule has 0 spiro atoms. The van der Waals surface area contributed by atoms with Gasteiger partial charge < -0.3 is 10.3 Å². The molecule has 1 aliphatic heterocycles. The number of imidazole rings is 1. The van der Waals surface area contributed by atoms with Crippen LogP contribution in [0, 0.1) is 0 Å². The number of rotatable bonds is 2. The Bertz CT molecular complexity index is 708. The first kappa shape index (κ1) is 11.6. The van der Waals surface area contributed by atoms with Crippen LogP contribution < -0.4 is 5.32 Å². The van der Waals surface area contributed by atoms with Crippen LogP contribution in [-0.2, 0) is 0 Å². The van der Waals surface area contributed by atoms with Crippen molar-refractivity contribution in [2.75, 3.05) is 6.54 Å². The van der Waals surface area contributed by atoms with Gasteiger partial charge in [0.05, 0.1) is 11.0 Å². The van der Waals surface area contributed by atoms with Crippen LogP contribution in [0.25, 0.3) is 22.6 Å². The maximum Gasteiger partial charge on any atom is 0.157 e. The van der Waals surface area contributed by atoms with Gasteiger partial charge in [0.2, 0.25) is 0 Å². The second kappa shape index (κ2) is 4.72. The van der Waals surface area contributed by atoms with Crippen LogP contribution in [0.4, 0.5) is 0 Å². The SMILES string of the molecule is c1ccc2[nH]c(-c3cc([C@@H]4CCCN4)ccn3)nc2c1. The average molecular weight is 264 g/mol. The summed E-state index contributed by atoms with van der Waals surface area (Å²) in [5.41, 5.74) is 4.24. The van der Waals surface area contributed by atoms with E-state index in [4.69, 9.17) is 0 Å². The first-order chi connectivity index (χ1) is 9.90. The van der Waals surface area contributed by atoms with Gasteiger partial charge in [-0.3, -0.25) is 4.98 Å². The van der Waals surface area contributed by atoms with Crippen molar-refractivity contribution >= 4 is 11.0 Å². The van der Waals surface area contributed by atoms with Crippen molar-refractivity contribution in [2.24, 2.45) is 0 Å². The summed E-state index contributed by atoms with van der Waals surface area (Å²) >= 11 is 0. The fourth-order valence-electron chi connectivity index (χ4n) is 2.84. The maximum absolute atomic E-state index is 4.61. The van der Waals surface area contributed by atoms with Gasteiger partial charge in [-0.15, -0.1) is 0 Å². The number of benzene rings is 1. The van der Waals surface area contributed by atoms with E-state index in [2.05, 4.69) is 32.4 Å². The van der Waals surface area contributed by atoms with Crippen LogP contribution in [-0.4, -0.2) is 21.5 Å². The molecule has 0 unspecified atom stereocenters. The molecule has 1 fully saturated rings. The van der Waals surface area contributed by atoms with E-state index in [1.165, 1.54) is 18.4 Å². The molecule has 3 aromatic rings. The summed E-state index contributed by atoms with van der Waals surface area (Å²) < 4.78 is 0. The molecule has 1 aromatic carbocycles.